The standard InChI is InChI=1S/C17H29NO2/c19-16-13-10-14-17(20)18(16)15-11-8-6-4-2-1-3-5-7-9-12-15/h15H,1-14H2. The summed E-state index contributed by atoms with van der Waals surface area (Å²) in [5.41, 5.74) is 0. The molecule has 0 aromatic heterocycles. The summed E-state index contributed by atoms with van der Waals surface area (Å²) in [7, 11) is 0. The number of amides is 2. The number of hydrogen-bond donors (Lipinski definition) is 0. The van der Waals surface area contributed by atoms with Crippen LogP contribution in [0.4, 0.5) is 0 Å². The minimum Gasteiger partial charge on any atom is -0.280 e. The Balaban J connectivity index is 1.93. The molecule has 0 unspecified atom stereocenters. The van der Waals surface area contributed by atoms with E-state index in [1.807, 2.05) is 0 Å². The summed E-state index contributed by atoms with van der Waals surface area (Å²) in [6.45, 7) is 0. The van der Waals surface area contributed by atoms with Crippen LogP contribution in [0.2, 0.25) is 0 Å². The SMILES string of the molecule is O=C1CCCC(=O)N1C1CCCCCCCCCCC1. The molecule has 0 bridgehead atoms. The first-order valence-electron chi connectivity index (χ1n) is 8.64. The molecule has 20 heavy (non-hydrogen) atoms. The first-order chi connectivity index (χ1) is 9.79. The number of carbonyl (C=O) groups is 2. The Hall–Kier alpha value is -0.860. The Morgan fingerprint density at radius 3 is 1.45 bits per heavy atom. The largest absolute Gasteiger partial charge is 0.280 e. The summed E-state index contributed by atoms with van der Waals surface area (Å²) in [6, 6.07) is 0.190. The lowest BCUT2D eigenvalue weighted by atomic mass is 9.95. The van der Waals surface area contributed by atoms with E-state index in [1.165, 1.54) is 57.8 Å². The molecule has 0 aromatic carbocycles. The van der Waals surface area contributed by atoms with Crippen molar-refractivity contribution in [3.8, 4) is 0 Å². The summed E-state index contributed by atoms with van der Waals surface area (Å²) in [5, 5.41) is 0. The molecule has 3 heteroatoms. The first kappa shape index (κ1) is 15.5. The zero-order valence-corrected chi connectivity index (χ0v) is 12.7. The molecular weight excluding hydrogens is 250 g/mol. The van der Waals surface area contributed by atoms with Crippen molar-refractivity contribution in [3.05, 3.63) is 0 Å². The van der Waals surface area contributed by atoms with Crippen LogP contribution >= 0.6 is 0 Å². The van der Waals surface area contributed by atoms with Crippen LogP contribution in [0.25, 0.3) is 0 Å². The van der Waals surface area contributed by atoms with E-state index >= 15 is 0 Å². The highest BCUT2D eigenvalue weighted by atomic mass is 16.2. The molecule has 2 amide bonds. The van der Waals surface area contributed by atoms with Gasteiger partial charge in [-0.25, -0.2) is 0 Å². The average molecular weight is 279 g/mol. The summed E-state index contributed by atoms with van der Waals surface area (Å²) < 4.78 is 0. The lowest BCUT2D eigenvalue weighted by Gasteiger charge is -2.33. The molecule has 114 valence electrons. The Kier molecular flexibility index (Phi) is 6.55. The monoisotopic (exact) mass is 279 g/mol. The highest BCUT2D eigenvalue weighted by Gasteiger charge is 2.31. The van der Waals surface area contributed by atoms with Gasteiger partial charge in [0, 0.05) is 18.9 Å². The van der Waals surface area contributed by atoms with Crippen molar-refractivity contribution < 1.29 is 9.59 Å². The second kappa shape index (κ2) is 8.43. The predicted molar refractivity (Wildman–Crippen MR) is 80.3 cm³/mol. The van der Waals surface area contributed by atoms with Crippen LogP contribution in [0.5, 0.6) is 0 Å². The van der Waals surface area contributed by atoms with Gasteiger partial charge in [0.25, 0.3) is 0 Å². The van der Waals surface area contributed by atoms with Crippen molar-refractivity contribution in [3.63, 3.8) is 0 Å². The van der Waals surface area contributed by atoms with Crippen LogP contribution in [0.1, 0.15) is 89.9 Å². The average Bonchev–Trinajstić information content (AvgIpc) is 2.41. The Morgan fingerprint density at radius 2 is 1.00 bits per heavy atom. The van der Waals surface area contributed by atoms with Gasteiger partial charge in [0.2, 0.25) is 11.8 Å². The molecule has 3 nitrogen and oxygen atoms in total. The van der Waals surface area contributed by atoms with Crippen LogP contribution in [0, 0.1) is 0 Å². The third kappa shape index (κ3) is 4.60. The van der Waals surface area contributed by atoms with Gasteiger partial charge in [-0.05, 0) is 19.3 Å². The zero-order valence-electron chi connectivity index (χ0n) is 12.7. The van der Waals surface area contributed by atoms with Crippen LogP contribution < -0.4 is 0 Å². The van der Waals surface area contributed by atoms with Gasteiger partial charge in [-0.2, -0.15) is 0 Å². The summed E-state index contributed by atoms with van der Waals surface area (Å²) >= 11 is 0. The molecule has 2 aliphatic rings. The molecule has 1 saturated heterocycles. The van der Waals surface area contributed by atoms with Crippen molar-refractivity contribution in [1.29, 1.82) is 0 Å². The molecule has 2 rings (SSSR count). The number of nitrogens with zero attached hydrogens (tertiary/aromatic N) is 1. The Morgan fingerprint density at radius 1 is 0.600 bits per heavy atom. The van der Waals surface area contributed by atoms with Gasteiger partial charge in [0.1, 0.15) is 0 Å². The second-order valence-electron chi connectivity index (χ2n) is 6.42. The summed E-state index contributed by atoms with van der Waals surface area (Å²) in [6.07, 6.45) is 15.5. The van der Waals surface area contributed by atoms with E-state index < -0.39 is 0 Å². The van der Waals surface area contributed by atoms with E-state index in [2.05, 4.69) is 0 Å². The van der Waals surface area contributed by atoms with Gasteiger partial charge in [0.05, 0.1) is 0 Å². The second-order valence-corrected chi connectivity index (χ2v) is 6.42. The van der Waals surface area contributed by atoms with Gasteiger partial charge in [-0.1, -0.05) is 57.8 Å². The molecule has 1 aliphatic carbocycles. The minimum atomic E-state index is 0.0818. The fourth-order valence-electron chi connectivity index (χ4n) is 3.58. The van der Waals surface area contributed by atoms with E-state index in [4.69, 9.17) is 0 Å². The van der Waals surface area contributed by atoms with Gasteiger partial charge < -0.3 is 0 Å². The van der Waals surface area contributed by atoms with Crippen LogP contribution in [0.3, 0.4) is 0 Å². The highest BCUT2D eigenvalue weighted by Crippen LogP contribution is 2.24. The maximum absolute atomic E-state index is 12.1. The fourth-order valence-corrected chi connectivity index (χ4v) is 3.58. The van der Waals surface area contributed by atoms with E-state index in [9.17, 15) is 9.59 Å². The van der Waals surface area contributed by atoms with Gasteiger partial charge >= 0.3 is 0 Å². The fraction of sp³-hybridized carbons (Fsp3) is 0.882. The number of hydrogen-bond acceptors (Lipinski definition) is 2. The molecular formula is C17H29NO2. The number of imide groups is 1. The molecule has 2 fully saturated rings. The number of carbonyl (C=O) groups excluding carboxylic acids is 2. The van der Waals surface area contributed by atoms with Crippen molar-refractivity contribution in [2.75, 3.05) is 0 Å². The maximum Gasteiger partial charge on any atom is 0.229 e. The van der Waals surface area contributed by atoms with Gasteiger partial charge in [0.15, 0.2) is 0 Å². The smallest absolute Gasteiger partial charge is 0.229 e. The van der Waals surface area contributed by atoms with Crippen LogP contribution in [-0.4, -0.2) is 22.8 Å². The van der Waals surface area contributed by atoms with Crippen molar-refractivity contribution in [1.82, 2.24) is 4.90 Å². The molecule has 0 aromatic rings. The number of rotatable bonds is 1. The highest BCUT2D eigenvalue weighted by molar-refractivity contribution is 5.97. The summed E-state index contributed by atoms with van der Waals surface area (Å²) in [5.74, 6) is 0.164. The minimum absolute atomic E-state index is 0.0818. The van der Waals surface area contributed by atoms with Gasteiger partial charge in [-0.15, -0.1) is 0 Å². The zero-order chi connectivity index (χ0) is 14.2. The van der Waals surface area contributed by atoms with E-state index in [-0.39, 0.29) is 17.9 Å². The molecule has 1 saturated carbocycles. The molecule has 0 radical (unpaired) electrons. The Bertz CT molecular complexity index is 299. The molecule has 0 atom stereocenters. The van der Waals surface area contributed by atoms with Crippen LogP contribution in [-0.2, 0) is 9.59 Å². The lowest BCUT2D eigenvalue weighted by molar-refractivity contribution is -0.151. The maximum atomic E-state index is 12.1. The molecule has 1 heterocycles. The summed E-state index contributed by atoms with van der Waals surface area (Å²) in [4.78, 5) is 25.8. The topological polar surface area (TPSA) is 37.4 Å². The number of likely N-dealkylation sites (tertiary alicyclic amines) is 1. The predicted octanol–water partition coefficient (Wildman–Crippen LogP) is 4.20. The third-order valence-electron chi connectivity index (χ3n) is 4.76. The molecule has 0 N–H and O–H groups in total. The van der Waals surface area contributed by atoms with E-state index in [1.54, 1.807) is 4.90 Å². The van der Waals surface area contributed by atoms with Gasteiger partial charge in [-0.3, -0.25) is 14.5 Å². The molecule has 1 aliphatic heterocycles. The quantitative estimate of drug-likeness (QED) is 0.675. The van der Waals surface area contributed by atoms with Crippen molar-refractivity contribution in [2.45, 2.75) is 95.9 Å². The van der Waals surface area contributed by atoms with E-state index in [0.717, 1.165) is 19.3 Å². The van der Waals surface area contributed by atoms with Crippen molar-refractivity contribution in [2.24, 2.45) is 0 Å². The third-order valence-corrected chi connectivity index (χ3v) is 4.76. The number of piperidine rings is 1. The normalized spacial score (nSPS) is 25.1. The van der Waals surface area contributed by atoms with E-state index in [0.29, 0.717) is 12.8 Å². The first-order valence-corrected chi connectivity index (χ1v) is 8.64. The lowest BCUT2D eigenvalue weighted by Crippen LogP contribution is -2.47. The molecule has 0 spiro atoms. The Labute approximate surface area is 123 Å². The van der Waals surface area contributed by atoms with Crippen LogP contribution in [0.15, 0.2) is 0 Å². The van der Waals surface area contributed by atoms with Crippen molar-refractivity contribution >= 4 is 11.8 Å².